The summed E-state index contributed by atoms with van der Waals surface area (Å²) in [7, 11) is -1.69. The molecule has 0 saturated carbocycles. The van der Waals surface area contributed by atoms with Crippen molar-refractivity contribution < 1.29 is 42.4 Å². The van der Waals surface area contributed by atoms with Gasteiger partial charge in [0.15, 0.2) is 8.32 Å². The quantitative estimate of drug-likeness (QED) is 0.0736. The molecule has 0 aromatic heterocycles. The molecular weight excluding hydrogens is 508 g/mol. The maximum Gasteiger partial charge on any atom is 0.305 e. The average Bonchev–Trinajstić information content (AvgIpc) is 2.86. The highest BCUT2D eigenvalue weighted by atomic mass is 28.4. The Labute approximate surface area is 233 Å². The minimum absolute atomic E-state index is 0.140. The van der Waals surface area contributed by atoms with Crippen LogP contribution < -0.4 is 0 Å². The van der Waals surface area contributed by atoms with Gasteiger partial charge in [-0.1, -0.05) is 53.4 Å². The molecule has 0 saturated heterocycles. The standard InChI is InChI=1S/C28H58O9Si/c1-7-8-9-10-11-12-27(29)36-25-23-34-21-19-32-17-15-30-13-14-31-16-18-33-20-22-35-24-26-37-38(5,6)28(2,3)4/h7-26H2,1-6H3. The molecular formula is C28H58O9Si. The third-order valence-corrected chi connectivity index (χ3v) is 10.9. The van der Waals surface area contributed by atoms with Crippen molar-refractivity contribution in [3.05, 3.63) is 0 Å². The summed E-state index contributed by atoms with van der Waals surface area (Å²) in [5.74, 6) is -0.140. The van der Waals surface area contributed by atoms with Crippen LogP contribution in [0.25, 0.3) is 0 Å². The second-order valence-electron chi connectivity index (χ2n) is 10.7. The Balaban J connectivity index is 3.20. The third-order valence-electron chi connectivity index (χ3n) is 6.33. The summed E-state index contributed by atoms with van der Waals surface area (Å²) in [6.45, 7) is 20.4. The van der Waals surface area contributed by atoms with Crippen molar-refractivity contribution in [1.82, 2.24) is 0 Å². The summed E-state index contributed by atoms with van der Waals surface area (Å²) in [4.78, 5) is 11.6. The predicted octanol–water partition coefficient (Wildman–Crippen LogP) is 5.01. The van der Waals surface area contributed by atoms with E-state index in [1.807, 2.05) is 0 Å². The van der Waals surface area contributed by atoms with Crippen molar-refractivity contribution >= 4 is 14.3 Å². The summed E-state index contributed by atoms with van der Waals surface area (Å²) in [5, 5.41) is 0.220. The van der Waals surface area contributed by atoms with Gasteiger partial charge in [0.1, 0.15) is 6.61 Å². The number of unbranched alkanes of at least 4 members (excludes halogenated alkanes) is 4. The molecule has 0 aromatic rings. The molecule has 0 rings (SSSR count). The van der Waals surface area contributed by atoms with Gasteiger partial charge in [0.2, 0.25) is 0 Å². The maximum absolute atomic E-state index is 11.6. The molecule has 0 amide bonds. The highest BCUT2D eigenvalue weighted by Gasteiger charge is 2.36. The van der Waals surface area contributed by atoms with E-state index in [0.717, 1.165) is 12.8 Å². The minimum Gasteiger partial charge on any atom is -0.463 e. The smallest absolute Gasteiger partial charge is 0.305 e. The first-order valence-corrected chi connectivity index (χ1v) is 17.4. The number of hydrogen-bond donors (Lipinski definition) is 0. The van der Waals surface area contributed by atoms with Crippen molar-refractivity contribution in [2.75, 3.05) is 92.5 Å². The van der Waals surface area contributed by atoms with Gasteiger partial charge < -0.3 is 37.6 Å². The highest BCUT2D eigenvalue weighted by Crippen LogP contribution is 2.36. The second kappa shape index (κ2) is 25.4. The average molecular weight is 567 g/mol. The van der Waals surface area contributed by atoms with Gasteiger partial charge in [-0.05, 0) is 24.6 Å². The first kappa shape index (κ1) is 37.4. The molecule has 10 heteroatoms. The Hall–Kier alpha value is -0.593. The van der Waals surface area contributed by atoms with Crippen molar-refractivity contribution in [2.24, 2.45) is 0 Å². The highest BCUT2D eigenvalue weighted by molar-refractivity contribution is 6.74. The lowest BCUT2D eigenvalue weighted by Gasteiger charge is -2.36. The van der Waals surface area contributed by atoms with E-state index in [2.05, 4.69) is 40.8 Å². The zero-order valence-corrected chi connectivity index (χ0v) is 26.3. The molecule has 0 aliphatic rings. The van der Waals surface area contributed by atoms with Crippen LogP contribution in [0.15, 0.2) is 0 Å². The lowest BCUT2D eigenvalue weighted by Crippen LogP contribution is -2.41. The van der Waals surface area contributed by atoms with Crippen molar-refractivity contribution in [1.29, 1.82) is 0 Å². The molecule has 0 atom stereocenters. The molecule has 0 heterocycles. The van der Waals surface area contributed by atoms with Crippen molar-refractivity contribution in [2.45, 2.75) is 84.4 Å². The molecule has 0 radical (unpaired) electrons. The van der Waals surface area contributed by atoms with Gasteiger partial charge in [-0.2, -0.15) is 0 Å². The molecule has 38 heavy (non-hydrogen) atoms. The Morgan fingerprint density at radius 3 is 1.32 bits per heavy atom. The van der Waals surface area contributed by atoms with Crippen LogP contribution in [0.3, 0.4) is 0 Å². The van der Waals surface area contributed by atoms with Gasteiger partial charge in [-0.15, -0.1) is 0 Å². The second-order valence-corrected chi connectivity index (χ2v) is 15.5. The van der Waals surface area contributed by atoms with Gasteiger partial charge in [0.25, 0.3) is 0 Å². The van der Waals surface area contributed by atoms with Crippen LogP contribution in [0, 0.1) is 0 Å². The Kier molecular flexibility index (Phi) is 25.0. The summed E-state index contributed by atoms with van der Waals surface area (Å²) >= 11 is 0. The van der Waals surface area contributed by atoms with Crippen LogP contribution in [-0.2, 0) is 42.4 Å². The van der Waals surface area contributed by atoms with E-state index >= 15 is 0 Å². The number of carbonyl (C=O) groups excluding carboxylic acids is 1. The van der Waals surface area contributed by atoms with Gasteiger partial charge in [-0.25, -0.2) is 0 Å². The molecule has 0 bridgehead atoms. The normalized spacial score (nSPS) is 12.3. The Morgan fingerprint density at radius 2 is 0.921 bits per heavy atom. The van der Waals surface area contributed by atoms with E-state index in [-0.39, 0.29) is 11.0 Å². The van der Waals surface area contributed by atoms with Gasteiger partial charge in [0, 0.05) is 6.42 Å². The molecule has 0 fully saturated rings. The first-order valence-electron chi connectivity index (χ1n) is 14.5. The van der Waals surface area contributed by atoms with E-state index in [4.69, 9.17) is 37.6 Å². The van der Waals surface area contributed by atoms with E-state index in [1.165, 1.54) is 19.3 Å². The van der Waals surface area contributed by atoms with Crippen molar-refractivity contribution in [3.63, 3.8) is 0 Å². The van der Waals surface area contributed by atoms with Crippen LogP contribution in [0.1, 0.15) is 66.2 Å². The van der Waals surface area contributed by atoms with Gasteiger partial charge >= 0.3 is 5.97 Å². The molecule has 0 aliphatic carbocycles. The summed E-state index contributed by atoms with van der Waals surface area (Å²) in [5.41, 5.74) is 0. The van der Waals surface area contributed by atoms with Crippen LogP contribution >= 0.6 is 0 Å². The largest absolute Gasteiger partial charge is 0.463 e. The number of carbonyl (C=O) groups is 1. The fourth-order valence-corrected chi connectivity index (χ4v) is 3.96. The van der Waals surface area contributed by atoms with E-state index in [1.54, 1.807) is 0 Å². The maximum atomic E-state index is 11.6. The molecule has 9 nitrogen and oxygen atoms in total. The van der Waals surface area contributed by atoms with E-state index in [9.17, 15) is 4.79 Å². The minimum atomic E-state index is -1.69. The third kappa shape index (κ3) is 24.4. The first-order chi connectivity index (χ1) is 18.2. The molecule has 0 aromatic carbocycles. The van der Waals surface area contributed by atoms with Crippen LogP contribution in [0.5, 0.6) is 0 Å². The van der Waals surface area contributed by atoms with Gasteiger partial charge in [0.05, 0.1) is 85.9 Å². The summed E-state index contributed by atoms with van der Waals surface area (Å²) < 4.78 is 44.1. The van der Waals surface area contributed by atoms with Crippen LogP contribution in [0.2, 0.25) is 18.1 Å². The predicted molar refractivity (Wildman–Crippen MR) is 152 cm³/mol. The lowest BCUT2D eigenvalue weighted by molar-refractivity contribution is -0.145. The van der Waals surface area contributed by atoms with E-state index in [0.29, 0.717) is 98.9 Å². The molecule has 228 valence electrons. The number of hydrogen-bond acceptors (Lipinski definition) is 9. The van der Waals surface area contributed by atoms with Crippen LogP contribution in [-0.4, -0.2) is 107 Å². The SMILES string of the molecule is CCCCCCCC(=O)OCCOCCOCCOCCOCCOCCOCCO[Si](C)(C)C(C)(C)C. The van der Waals surface area contributed by atoms with E-state index < -0.39 is 8.32 Å². The summed E-state index contributed by atoms with van der Waals surface area (Å²) in [6.07, 6.45) is 6.11. The Morgan fingerprint density at radius 1 is 0.553 bits per heavy atom. The van der Waals surface area contributed by atoms with Crippen LogP contribution in [0.4, 0.5) is 0 Å². The lowest BCUT2D eigenvalue weighted by atomic mass is 10.1. The van der Waals surface area contributed by atoms with Crippen molar-refractivity contribution in [3.8, 4) is 0 Å². The molecule has 0 unspecified atom stereocenters. The number of rotatable bonds is 28. The fourth-order valence-electron chi connectivity index (χ4n) is 2.93. The monoisotopic (exact) mass is 566 g/mol. The number of esters is 1. The molecule has 0 spiro atoms. The summed E-state index contributed by atoms with van der Waals surface area (Å²) in [6, 6.07) is 0. The van der Waals surface area contributed by atoms with Gasteiger partial charge in [-0.3, -0.25) is 4.79 Å². The number of ether oxygens (including phenoxy) is 7. The zero-order valence-electron chi connectivity index (χ0n) is 25.3. The Bertz CT molecular complexity index is 527. The molecule has 0 N–H and O–H groups in total. The topological polar surface area (TPSA) is 90.9 Å². The molecule has 0 aliphatic heterocycles. The fraction of sp³-hybridized carbons (Fsp3) is 0.964. The zero-order chi connectivity index (χ0) is 28.4.